The van der Waals surface area contributed by atoms with Crippen LogP contribution in [-0.4, -0.2) is 40.3 Å². The summed E-state index contributed by atoms with van der Waals surface area (Å²) in [6, 6.07) is 10.9. The molecule has 2 aromatic rings. The SMILES string of the molecule is O=C1CCN(Cc2ccccn2)CCN1Cc1cccc(C(F)(F)F)c1. The van der Waals surface area contributed by atoms with E-state index in [2.05, 4.69) is 9.88 Å². The Kier molecular flexibility index (Phi) is 5.56. The number of pyridine rings is 1. The van der Waals surface area contributed by atoms with Crippen molar-refractivity contribution in [2.24, 2.45) is 0 Å². The topological polar surface area (TPSA) is 36.4 Å². The normalized spacial score (nSPS) is 16.6. The molecule has 1 saturated heterocycles. The summed E-state index contributed by atoms with van der Waals surface area (Å²) >= 11 is 0. The first-order valence-electron chi connectivity index (χ1n) is 8.48. The number of alkyl halides is 3. The van der Waals surface area contributed by atoms with Gasteiger partial charge in [-0.1, -0.05) is 18.2 Å². The van der Waals surface area contributed by atoms with Crippen LogP contribution in [0.15, 0.2) is 48.7 Å². The van der Waals surface area contributed by atoms with Crippen molar-refractivity contribution in [3.05, 3.63) is 65.5 Å². The predicted molar refractivity (Wildman–Crippen MR) is 91.0 cm³/mol. The molecule has 138 valence electrons. The summed E-state index contributed by atoms with van der Waals surface area (Å²) in [5.74, 6) is -0.0362. The first-order chi connectivity index (χ1) is 12.4. The Bertz CT molecular complexity index is 749. The lowest BCUT2D eigenvalue weighted by molar-refractivity contribution is -0.137. The van der Waals surface area contributed by atoms with Gasteiger partial charge < -0.3 is 4.90 Å². The molecular formula is C19H20F3N3O. The van der Waals surface area contributed by atoms with Gasteiger partial charge in [0.05, 0.1) is 11.3 Å². The van der Waals surface area contributed by atoms with Crippen LogP contribution in [0.4, 0.5) is 13.2 Å². The van der Waals surface area contributed by atoms with Crippen molar-refractivity contribution < 1.29 is 18.0 Å². The van der Waals surface area contributed by atoms with Gasteiger partial charge in [-0.15, -0.1) is 0 Å². The molecule has 1 aliphatic heterocycles. The molecule has 0 spiro atoms. The van der Waals surface area contributed by atoms with Crippen molar-refractivity contribution in [3.8, 4) is 0 Å². The Hall–Kier alpha value is -2.41. The van der Waals surface area contributed by atoms with Crippen molar-refractivity contribution in [3.63, 3.8) is 0 Å². The monoisotopic (exact) mass is 363 g/mol. The minimum absolute atomic E-state index is 0.0362. The molecule has 2 heterocycles. The van der Waals surface area contributed by atoms with Gasteiger partial charge in [0, 0.05) is 45.3 Å². The molecule has 1 aromatic carbocycles. The maximum atomic E-state index is 12.9. The zero-order valence-corrected chi connectivity index (χ0v) is 14.2. The van der Waals surface area contributed by atoms with Gasteiger partial charge in [-0.2, -0.15) is 13.2 Å². The third-order valence-electron chi connectivity index (χ3n) is 4.42. The fourth-order valence-electron chi connectivity index (χ4n) is 3.02. The van der Waals surface area contributed by atoms with Crippen molar-refractivity contribution in [1.29, 1.82) is 0 Å². The van der Waals surface area contributed by atoms with Crippen LogP contribution in [-0.2, 0) is 24.1 Å². The molecule has 0 bridgehead atoms. The highest BCUT2D eigenvalue weighted by molar-refractivity contribution is 5.76. The highest BCUT2D eigenvalue weighted by Gasteiger charge is 2.30. The highest BCUT2D eigenvalue weighted by Crippen LogP contribution is 2.29. The number of hydrogen-bond acceptors (Lipinski definition) is 3. The van der Waals surface area contributed by atoms with E-state index in [1.165, 1.54) is 6.07 Å². The number of carbonyl (C=O) groups excluding carboxylic acids is 1. The first kappa shape index (κ1) is 18.4. The van der Waals surface area contributed by atoms with Crippen LogP contribution in [0.3, 0.4) is 0 Å². The molecule has 1 aliphatic rings. The molecule has 0 N–H and O–H groups in total. The van der Waals surface area contributed by atoms with Gasteiger partial charge in [-0.3, -0.25) is 14.7 Å². The third-order valence-corrected chi connectivity index (χ3v) is 4.42. The van der Waals surface area contributed by atoms with Gasteiger partial charge in [-0.05, 0) is 29.8 Å². The Morgan fingerprint density at radius 1 is 1.00 bits per heavy atom. The second kappa shape index (κ2) is 7.86. The molecule has 0 radical (unpaired) electrons. The Morgan fingerprint density at radius 2 is 1.85 bits per heavy atom. The molecule has 26 heavy (non-hydrogen) atoms. The fourth-order valence-corrected chi connectivity index (χ4v) is 3.02. The molecule has 1 aromatic heterocycles. The number of aromatic nitrogens is 1. The summed E-state index contributed by atoms with van der Waals surface area (Å²) < 4.78 is 38.6. The average Bonchev–Trinajstić information content (AvgIpc) is 2.78. The molecule has 1 amide bonds. The number of nitrogens with zero attached hydrogens (tertiary/aromatic N) is 3. The highest BCUT2D eigenvalue weighted by atomic mass is 19.4. The van der Waals surface area contributed by atoms with Crippen LogP contribution in [0.25, 0.3) is 0 Å². The molecule has 1 fully saturated rings. The van der Waals surface area contributed by atoms with Gasteiger partial charge in [-0.25, -0.2) is 0 Å². The van der Waals surface area contributed by atoms with Crippen molar-refractivity contribution in [2.75, 3.05) is 19.6 Å². The van der Waals surface area contributed by atoms with E-state index in [0.29, 0.717) is 38.2 Å². The summed E-state index contributed by atoms with van der Waals surface area (Å²) in [5, 5.41) is 0. The second-order valence-corrected chi connectivity index (χ2v) is 6.36. The zero-order chi connectivity index (χ0) is 18.6. The number of hydrogen-bond donors (Lipinski definition) is 0. The van der Waals surface area contributed by atoms with Crippen LogP contribution >= 0.6 is 0 Å². The summed E-state index contributed by atoms with van der Waals surface area (Å²) in [4.78, 5) is 20.4. The van der Waals surface area contributed by atoms with E-state index in [0.717, 1.165) is 17.8 Å². The average molecular weight is 363 g/mol. The van der Waals surface area contributed by atoms with E-state index < -0.39 is 11.7 Å². The molecule has 0 aliphatic carbocycles. The summed E-state index contributed by atoms with van der Waals surface area (Å²) in [6.07, 6.45) is -2.29. The lowest BCUT2D eigenvalue weighted by Crippen LogP contribution is -2.32. The van der Waals surface area contributed by atoms with Gasteiger partial charge in [0.15, 0.2) is 0 Å². The largest absolute Gasteiger partial charge is 0.416 e. The maximum Gasteiger partial charge on any atom is 0.416 e. The zero-order valence-electron chi connectivity index (χ0n) is 14.2. The lowest BCUT2D eigenvalue weighted by Gasteiger charge is -2.22. The maximum absolute atomic E-state index is 12.9. The molecule has 0 atom stereocenters. The minimum atomic E-state index is -4.38. The van der Waals surface area contributed by atoms with Gasteiger partial charge >= 0.3 is 6.18 Å². The smallest absolute Gasteiger partial charge is 0.337 e. The first-order valence-corrected chi connectivity index (χ1v) is 8.48. The van der Waals surface area contributed by atoms with E-state index in [1.807, 2.05) is 18.2 Å². The second-order valence-electron chi connectivity index (χ2n) is 6.36. The molecular weight excluding hydrogens is 343 g/mol. The van der Waals surface area contributed by atoms with Gasteiger partial charge in [0.2, 0.25) is 5.91 Å². The number of halogens is 3. The van der Waals surface area contributed by atoms with Gasteiger partial charge in [0.25, 0.3) is 0 Å². The lowest BCUT2D eigenvalue weighted by atomic mass is 10.1. The van der Waals surface area contributed by atoms with E-state index >= 15 is 0 Å². The van der Waals surface area contributed by atoms with E-state index in [-0.39, 0.29) is 12.5 Å². The molecule has 3 rings (SSSR count). The molecule has 4 nitrogen and oxygen atoms in total. The van der Waals surface area contributed by atoms with E-state index in [1.54, 1.807) is 17.2 Å². The van der Waals surface area contributed by atoms with Crippen molar-refractivity contribution >= 4 is 5.91 Å². The Morgan fingerprint density at radius 3 is 2.58 bits per heavy atom. The van der Waals surface area contributed by atoms with Crippen molar-refractivity contribution in [2.45, 2.75) is 25.7 Å². The quantitative estimate of drug-likeness (QED) is 0.836. The third kappa shape index (κ3) is 4.82. The van der Waals surface area contributed by atoms with Crippen LogP contribution in [0.1, 0.15) is 23.2 Å². The number of rotatable bonds is 4. The Labute approximate surface area is 150 Å². The van der Waals surface area contributed by atoms with Crippen LogP contribution in [0.5, 0.6) is 0 Å². The number of benzene rings is 1. The van der Waals surface area contributed by atoms with Crippen LogP contribution in [0.2, 0.25) is 0 Å². The molecule has 0 unspecified atom stereocenters. The van der Waals surface area contributed by atoms with Gasteiger partial charge in [0.1, 0.15) is 0 Å². The summed E-state index contributed by atoms with van der Waals surface area (Å²) in [7, 11) is 0. The summed E-state index contributed by atoms with van der Waals surface area (Å²) in [5.41, 5.74) is 0.742. The minimum Gasteiger partial charge on any atom is -0.337 e. The van der Waals surface area contributed by atoms with Crippen molar-refractivity contribution in [1.82, 2.24) is 14.8 Å². The summed E-state index contributed by atoms with van der Waals surface area (Å²) in [6.45, 7) is 2.63. The fraction of sp³-hybridized carbons (Fsp3) is 0.368. The molecule has 0 saturated carbocycles. The standard InChI is InChI=1S/C19H20F3N3O/c20-19(21,22)16-5-3-4-15(12-16)13-25-11-10-24(9-7-18(25)26)14-17-6-1-2-8-23-17/h1-6,8,12H,7,9-11,13-14H2. The van der Waals surface area contributed by atoms with Crippen LogP contribution < -0.4 is 0 Å². The molecule has 7 heteroatoms. The van der Waals surface area contributed by atoms with E-state index in [9.17, 15) is 18.0 Å². The number of amides is 1. The Balaban J connectivity index is 1.63. The number of carbonyl (C=O) groups is 1. The predicted octanol–water partition coefficient (Wildman–Crippen LogP) is 3.33. The van der Waals surface area contributed by atoms with Crippen LogP contribution in [0, 0.1) is 0 Å². The van der Waals surface area contributed by atoms with E-state index in [4.69, 9.17) is 0 Å².